The van der Waals surface area contributed by atoms with E-state index in [4.69, 9.17) is 0 Å². The van der Waals surface area contributed by atoms with Crippen molar-refractivity contribution in [3.63, 3.8) is 0 Å². The van der Waals surface area contributed by atoms with Gasteiger partial charge in [-0.25, -0.2) is 15.0 Å². The first-order chi connectivity index (χ1) is 10.9. The molecule has 3 aromatic rings. The number of benzene rings is 1. The summed E-state index contributed by atoms with van der Waals surface area (Å²) in [4.78, 5) is 15.7. The Kier molecular flexibility index (Phi) is 2.38. The van der Waals surface area contributed by atoms with E-state index in [0.717, 1.165) is 12.1 Å². The highest BCUT2D eigenvalue weighted by Gasteiger charge is 2.54. The normalized spacial score (nSPS) is 25.0. The third-order valence-electron chi connectivity index (χ3n) is 4.88. The van der Waals surface area contributed by atoms with Crippen LogP contribution in [0.5, 0.6) is 0 Å². The van der Waals surface area contributed by atoms with Gasteiger partial charge in [0.25, 0.3) is 0 Å². The van der Waals surface area contributed by atoms with Gasteiger partial charge in [-0.2, -0.15) is 0 Å². The van der Waals surface area contributed by atoms with E-state index in [-0.39, 0.29) is 0 Å². The van der Waals surface area contributed by atoms with Gasteiger partial charge in [0.1, 0.15) is 6.33 Å². The molecule has 0 bridgehead atoms. The molecule has 0 spiro atoms. The van der Waals surface area contributed by atoms with Gasteiger partial charge in [-0.05, 0) is 35.1 Å². The van der Waals surface area contributed by atoms with Crippen LogP contribution in [0.4, 0.5) is 5.69 Å². The fraction of sp³-hybridized carbons (Fsp3) is 0.235. The Morgan fingerprint density at radius 1 is 0.955 bits per heavy atom. The highest BCUT2D eigenvalue weighted by molar-refractivity contribution is 5.70. The molecule has 1 fully saturated rings. The van der Waals surface area contributed by atoms with Crippen molar-refractivity contribution in [3.05, 3.63) is 60.7 Å². The lowest BCUT2D eigenvalue weighted by molar-refractivity contribution is 0.800. The Hall–Kier alpha value is -2.69. The van der Waals surface area contributed by atoms with Gasteiger partial charge in [0.05, 0.1) is 6.33 Å². The molecule has 1 saturated carbocycles. The van der Waals surface area contributed by atoms with Gasteiger partial charge >= 0.3 is 0 Å². The van der Waals surface area contributed by atoms with Crippen LogP contribution in [-0.4, -0.2) is 26.5 Å². The van der Waals surface area contributed by atoms with E-state index >= 15 is 0 Å². The first kappa shape index (κ1) is 11.9. The molecule has 1 aliphatic heterocycles. The van der Waals surface area contributed by atoms with Gasteiger partial charge in [-0.3, -0.25) is 0 Å². The van der Waals surface area contributed by atoms with E-state index in [0.29, 0.717) is 17.8 Å². The molecule has 3 atom stereocenters. The van der Waals surface area contributed by atoms with Crippen LogP contribution in [0.3, 0.4) is 0 Å². The van der Waals surface area contributed by atoms with Crippen LogP contribution in [0.2, 0.25) is 0 Å². The Balaban J connectivity index is 1.56. The molecule has 1 aliphatic carbocycles. The predicted octanol–water partition coefficient (Wildman–Crippen LogP) is 2.79. The average Bonchev–Trinajstić information content (AvgIpc) is 3.08. The summed E-state index contributed by atoms with van der Waals surface area (Å²) in [6.45, 7) is 1.04. The lowest BCUT2D eigenvalue weighted by Gasteiger charge is -2.18. The second-order valence-electron chi connectivity index (χ2n) is 6.03. The molecule has 2 N–H and O–H groups in total. The minimum Gasteiger partial charge on any atom is -0.384 e. The number of anilines is 1. The smallest absolute Gasteiger partial charge is 0.115 e. The summed E-state index contributed by atoms with van der Waals surface area (Å²) in [7, 11) is 0. The molecule has 0 saturated heterocycles. The molecule has 22 heavy (non-hydrogen) atoms. The summed E-state index contributed by atoms with van der Waals surface area (Å²) < 4.78 is 0. The maximum absolute atomic E-state index is 4.17. The van der Waals surface area contributed by atoms with Crippen LogP contribution < -0.4 is 5.32 Å². The van der Waals surface area contributed by atoms with Gasteiger partial charge in [-0.1, -0.05) is 6.07 Å². The molecule has 3 unspecified atom stereocenters. The molecular weight excluding hydrogens is 274 g/mol. The first-order valence-corrected chi connectivity index (χ1v) is 7.53. The Morgan fingerprint density at radius 2 is 1.86 bits per heavy atom. The SMILES string of the molecule is c1ncc(-c2ccc3c(c2)C2C(CN3)C2c2cnc[nH]2)cn1. The van der Waals surface area contributed by atoms with Crippen molar-refractivity contribution in [2.75, 3.05) is 11.9 Å². The zero-order valence-electron chi connectivity index (χ0n) is 11.9. The van der Waals surface area contributed by atoms with Crippen LogP contribution in [-0.2, 0) is 0 Å². The lowest BCUT2D eigenvalue weighted by Crippen LogP contribution is -2.11. The van der Waals surface area contributed by atoms with Gasteiger partial charge in [0.15, 0.2) is 0 Å². The molecule has 5 rings (SSSR count). The molecule has 2 aromatic heterocycles. The van der Waals surface area contributed by atoms with Crippen molar-refractivity contribution < 1.29 is 0 Å². The monoisotopic (exact) mass is 289 g/mol. The number of fused-ring (bicyclic) bond motifs is 3. The minimum absolute atomic E-state index is 0.554. The number of nitrogens with zero attached hydrogens (tertiary/aromatic N) is 3. The number of H-pyrrole nitrogens is 1. The zero-order valence-corrected chi connectivity index (χ0v) is 11.9. The summed E-state index contributed by atoms with van der Waals surface area (Å²) in [5, 5.41) is 3.56. The summed E-state index contributed by atoms with van der Waals surface area (Å²) in [5.74, 6) is 1.80. The fourth-order valence-electron chi connectivity index (χ4n) is 3.78. The van der Waals surface area contributed by atoms with Crippen molar-refractivity contribution in [1.82, 2.24) is 19.9 Å². The van der Waals surface area contributed by atoms with Gasteiger partial charge in [0, 0.05) is 48.0 Å². The van der Waals surface area contributed by atoms with Crippen LogP contribution in [0.1, 0.15) is 23.1 Å². The average molecular weight is 289 g/mol. The van der Waals surface area contributed by atoms with Crippen LogP contribution in [0.15, 0.2) is 49.4 Å². The van der Waals surface area contributed by atoms with Gasteiger partial charge in [-0.15, -0.1) is 0 Å². The highest BCUT2D eigenvalue weighted by atomic mass is 15.0. The lowest BCUT2D eigenvalue weighted by atomic mass is 9.97. The Labute approximate surface area is 127 Å². The van der Waals surface area contributed by atoms with Crippen molar-refractivity contribution in [2.24, 2.45) is 5.92 Å². The van der Waals surface area contributed by atoms with Gasteiger partial charge < -0.3 is 10.3 Å². The molecule has 0 amide bonds. The van der Waals surface area contributed by atoms with Gasteiger partial charge in [0.2, 0.25) is 0 Å². The zero-order chi connectivity index (χ0) is 14.5. The number of hydrogen-bond donors (Lipinski definition) is 2. The predicted molar refractivity (Wildman–Crippen MR) is 83.5 cm³/mol. The first-order valence-electron chi connectivity index (χ1n) is 7.53. The number of nitrogens with one attached hydrogen (secondary N) is 2. The van der Waals surface area contributed by atoms with E-state index in [9.17, 15) is 0 Å². The quantitative estimate of drug-likeness (QED) is 0.761. The van der Waals surface area contributed by atoms with Crippen molar-refractivity contribution in [2.45, 2.75) is 11.8 Å². The van der Waals surface area contributed by atoms with Crippen molar-refractivity contribution >= 4 is 5.69 Å². The standard InChI is InChI=1S/C17H15N5/c1-2-14-12(3-10(1)11-4-18-8-19-5-11)16-13(6-21-14)17(16)15-7-20-9-22-15/h1-5,7-9,13,16-17,21H,6H2,(H,20,22). The molecule has 0 radical (unpaired) electrons. The number of imidazole rings is 1. The van der Waals surface area contributed by atoms with Crippen LogP contribution in [0.25, 0.3) is 11.1 Å². The molecule has 1 aromatic carbocycles. The van der Waals surface area contributed by atoms with Crippen LogP contribution >= 0.6 is 0 Å². The molecule has 108 valence electrons. The molecule has 2 aliphatic rings. The second kappa shape index (κ2) is 4.40. The largest absolute Gasteiger partial charge is 0.384 e. The molecule has 3 heterocycles. The third kappa shape index (κ3) is 1.68. The maximum atomic E-state index is 4.17. The van der Waals surface area contributed by atoms with E-state index in [1.54, 1.807) is 12.7 Å². The number of aromatic nitrogens is 4. The number of rotatable bonds is 2. The summed E-state index contributed by atoms with van der Waals surface area (Å²) in [6, 6.07) is 6.60. The molecule has 5 heteroatoms. The third-order valence-corrected chi connectivity index (χ3v) is 4.88. The highest BCUT2D eigenvalue weighted by Crippen LogP contribution is 2.63. The fourth-order valence-corrected chi connectivity index (χ4v) is 3.78. The van der Waals surface area contributed by atoms with E-state index in [1.165, 1.54) is 22.5 Å². The number of aromatic amines is 1. The summed E-state index contributed by atoms with van der Waals surface area (Å²) >= 11 is 0. The van der Waals surface area contributed by atoms with E-state index < -0.39 is 0 Å². The van der Waals surface area contributed by atoms with Crippen molar-refractivity contribution in [3.8, 4) is 11.1 Å². The topological polar surface area (TPSA) is 66.5 Å². The van der Waals surface area contributed by atoms with E-state index in [1.807, 2.05) is 18.6 Å². The summed E-state index contributed by atoms with van der Waals surface area (Å²) in [5.41, 5.74) is 6.14. The Morgan fingerprint density at radius 3 is 2.68 bits per heavy atom. The Bertz CT molecular complexity index is 812. The summed E-state index contributed by atoms with van der Waals surface area (Å²) in [6.07, 6.45) is 9.02. The van der Waals surface area contributed by atoms with Crippen LogP contribution in [0, 0.1) is 5.92 Å². The number of hydrogen-bond acceptors (Lipinski definition) is 4. The second-order valence-corrected chi connectivity index (χ2v) is 6.03. The maximum Gasteiger partial charge on any atom is 0.115 e. The molecular formula is C17H15N5. The molecule has 5 nitrogen and oxygen atoms in total. The van der Waals surface area contributed by atoms with E-state index in [2.05, 4.69) is 43.5 Å². The minimum atomic E-state index is 0.554. The van der Waals surface area contributed by atoms with Crippen molar-refractivity contribution in [1.29, 1.82) is 0 Å².